The van der Waals surface area contributed by atoms with Crippen LogP contribution in [0.1, 0.15) is 219 Å². The van der Waals surface area contributed by atoms with Crippen molar-refractivity contribution in [2.75, 3.05) is 172 Å². The molecule has 0 aromatic carbocycles. The van der Waals surface area contributed by atoms with Gasteiger partial charge in [0.1, 0.15) is 6.61 Å². The van der Waals surface area contributed by atoms with Crippen LogP contribution < -0.4 is 0 Å². The molecule has 0 aliphatic rings. The number of carbonyl (C=O) groups is 2. The maximum Gasteiger partial charge on any atom is 0.306 e. The lowest BCUT2D eigenvalue weighted by molar-refractivity contribution is -0.163. The third-order valence-corrected chi connectivity index (χ3v) is 13.3. The summed E-state index contributed by atoms with van der Waals surface area (Å²) in [6.07, 6.45) is 38.3. The number of hydrogen-bond donors (Lipinski definition) is 1. The molecule has 0 fully saturated rings. The first-order valence-corrected chi connectivity index (χ1v) is 32.5. The second-order valence-electron chi connectivity index (χ2n) is 20.7. The van der Waals surface area contributed by atoms with E-state index in [4.69, 9.17) is 71.4 Å². The lowest BCUT2D eigenvalue weighted by Crippen LogP contribution is -2.30. The van der Waals surface area contributed by atoms with E-state index in [1.54, 1.807) is 0 Å². The van der Waals surface area contributed by atoms with Crippen LogP contribution in [0.2, 0.25) is 0 Å². The summed E-state index contributed by atoms with van der Waals surface area (Å²) in [6.45, 7) is 15.2. The van der Waals surface area contributed by atoms with E-state index in [1.165, 1.54) is 154 Å². The van der Waals surface area contributed by atoms with Crippen LogP contribution in [0.4, 0.5) is 0 Å². The average molecular weight is 1150 g/mol. The summed E-state index contributed by atoms with van der Waals surface area (Å²) in [7, 11) is 0. The van der Waals surface area contributed by atoms with Gasteiger partial charge >= 0.3 is 11.9 Å². The molecule has 0 spiro atoms. The third-order valence-electron chi connectivity index (χ3n) is 13.3. The standard InChI is InChI=1S/C63H124O17/c1-3-5-7-9-11-13-15-17-19-21-23-25-27-29-31-33-62(65)79-60-61(80-63(66)34-32-30-28-26-24-22-20-18-16-14-12-10-8-6-4-2)59-78-58-57-77-56-55-76-54-53-75-52-51-74-50-49-73-48-47-72-46-45-71-44-43-70-42-41-69-40-39-68-38-37-67-36-35-64/h61,64H,3-60H2,1-2H3. The van der Waals surface area contributed by atoms with Gasteiger partial charge in [-0.05, 0) is 12.8 Å². The van der Waals surface area contributed by atoms with E-state index < -0.39 is 6.10 Å². The number of carbonyl (C=O) groups excluding carboxylic acids is 2. The molecule has 0 aliphatic carbocycles. The molecule has 0 saturated heterocycles. The zero-order chi connectivity index (χ0) is 57.6. The molecule has 1 atom stereocenters. The molecule has 80 heavy (non-hydrogen) atoms. The van der Waals surface area contributed by atoms with Gasteiger partial charge in [-0.3, -0.25) is 9.59 Å². The van der Waals surface area contributed by atoms with E-state index in [1.807, 2.05) is 0 Å². The molecule has 0 aromatic heterocycles. The highest BCUT2D eigenvalue weighted by molar-refractivity contribution is 5.70. The Hall–Kier alpha value is -1.58. The van der Waals surface area contributed by atoms with Crippen molar-refractivity contribution in [2.24, 2.45) is 0 Å². The molecule has 0 bridgehead atoms. The van der Waals surface area contributed by atoms with E-state index in [0.29, 0.717) is 165 Å². The zero-order valence-electron chi connectivity index (χ0n) is 51.6. The largest absolute Gasteiger partial charge is 0.462 e. The molecule has 0 rings (SSSR count). The summed E-state index contributed by atoms with van der Waals surface area (Å²) in [5.74, 6) is -0.518. The highest BCUT2D eigenvalue weighted by atomic mass is 16.6. The van der Waals surface area contributed by atoms with Crippen molar-refractivity contribution in [1.82, 2.24) is 0 Å². The Morgan fingerprint density at radius 3 is 0.725 bits per heavy atom. The first kappa shape index (κ1) is 78.4. The van der Waals surface area contributed by atoms with E-state index in [2.05, 4.69) is 13.8 Å². The summed E-state index contributed by atoms with van der Waals surface area (Å²) in [5.41, 5.74) is 0. The first-order valence-electron chi connectivity index (χ1n) is 32.5. The number of aliphatic hydroxyl groups is 1. The molecule has 17 heteroatoms. The number of rotatable bonds is 72. The van der Waals surface area contributed by atoms with Gasteiger partial charge in [-0.25, -0.2) is 0 Å². The van der Waals surface area contributed by atoms with Crippen molar-refractivity contribution in [3.05, 3.63) is 0 Å². The van der Waals surface area contributed by atoms with Crippen LogP contribution in [-0.4, -0.2) is 195 Å². The van der Waals surface area contributed by atoms with Gasteiger partial charge in [0.2, 0.25) is 0 Å². The molecule has 0 aromatic rings. The fraction of sp³-hybridized carbons (Fsp3) is 0.968. The Balaban J connectivity index is 3.97. The van der Waals surface area contributed by atoms with Gasteiger partial charge in [-0.2, -0.15) is 0 Å². The zero-order valence-corrected chi connectivity index (χ0v) is 51.6. The van der Waals surface area contributed by atoms with Crippen molar-refractivity contribution < 1.29 is 81.0 Å². The summed E-state index contributed by atoms with van der Waals surface area (Å²) in [6, 6.07) is 0. The van der Waals surface area contributed by atoms with Crippen LogP contribution in [0.5, 0.6) is 0 Å². The molecule has 0 saturated carbocycles. The van der Waals surface area contributed by atoms with Gasteiger partial charge in [-0.15, -0.1) is 0 Å². The second-order valence-corrected chi connectivity index (χ2v) is 20.7. The molecule has 17 nitrogen and oxygen atoms in total. The monoisotopic (exact) mass is 1150 g/mol. The van der Waals surface area contributed by atoms with Crippen molar-refractivity contribution in [1.29, 1.82) is 0 Å². The predicted octanol–water partition coefficient (Wildman–Crippen LogP) is 12.2. The Kier molecular flexibility index (Phi) is 70.3. The fourth-order valence-corrected chi connectivity index (χ4v) is 8.60. The topological polar surface area (TPSA) is 184 Å². The molecule has 0 radical (unpaired) electrons. The van der Waals surface area contributed by atoms with E-state index >= 15 is 0 Å². The second kappa shape index (κ2) is 71.7. The Morgan fingerprint density at radius 2 is 0.475 bits per heavy atom. The van der Waals surface area contributed by atoms with Crippen molar-refractivity contribution in [2.45, 2.75) is 225 Å². The Bertz CT molecular complexity index is 1170. The number of ether oxygens (including phenoxy) is 14. The smallest absolute Gasteiger partial charge is 0.306 e. The minimum Gasteiger partial charge on any atom is -0.462 e. The van der Waals surface area contributed by atoms with Crippen LogP contribution in [0.25, 0.3) is 0 Å². The number of aliphatic hydroxyl groups excluding tert-OH is 1. The minimum atomic E-state index is -0.654. The Morgan fingerprint density at radius 1 is 0.263 bits per heavy atom. The first-order chi connectivity index (χ1) is 39.6. The maximum absolute atomic E-state index is 12.9. The predicted molar refractivity (Wildman–Crippen MR) is 317 cm³/mol. The lowest BCUT2D eigenvalue weighted by atomic mass is 10.0. The molecule has 0 heterocycles. The highest BCUT2D eigenvalue weighted by Crippen LogP contribution is 2.16. The maximum atomic E-state index is 12.9. The number of unbranched alkanes of at least 4 members (excludes halogenated alkanes) is 28. The molecular weight excluding hydrogens is 1030 g/mol. The fourth-order valence-electron chi connectivity index (χ4n) is 8.60. The molecule has 478 valence electrons. The number of esters is 2. The van der Waals surface area contributed by atoms with Crippen molar-refractivity contribution in [3.63, 3.8) is 0 Å². The van der Waals surface area contributed by atoms with Gasteiger partial charge in [-0.1, -0.05) is 194 Å². The van der Waals surface area contributed by atoms with Gasteiger partial charge in [0.05, 0.1) is 165 Å². The van der Waals surface area contributed by atoms with Gasteiger partial charge in [0, 0.05) is 12.8 Å². The van der Waals surface area contributed by atoms with Crippen molar-refractivity contribution >= 4 is 11.9 Å². The third kappa shape index (κ3) is 68.9. The minimum absolute atomic E-state index is 0.00460. The highest BCUT2D eigenvalue weighted by Gasteiger charge is 2.18. The van der Waals surface area contributed by atoms with Crippen LogP contribution in [0.3, 0.4) is 0 Å². The van der Waals surface area contributed by atoms with Crippen molar-refractivity contribution in [3.8, 4) is 0 Å². The van der Waals surface area contributed by atoms with Crippen LogP contribution in [0.15, 0.2) is 0 Å². The van der Waals surface area contributed by atoms with Gasteiger partial charge in [0.15, 0.2) is 6.10 Å². The Labute approximate surface area is 488 Å². The molecule has 0 amide bonds. The quantitative estimate of drug-likeness (QED) is 0.0448. The summed E-state index contributed by atoms with van der Waals surface area (Å²) < 4.78 is 77.6. The summed E-state index contributed by atoms with van der Waals surface area (Å²) >= 11 is 0. The normalized spacial score (nSPS) is 12.0. The van der Waals surface area contributed by atoms with E-state index in [-0.39, 0.29) is 31.8 Å². The average Bonchev–Trinajstić information content (AvgIpc) is 3.46. The lowest BCUT2D eigenvalue weighted by Gasteiger charge is -2.18. The SMILES string of the molecule is CCCCCCCCCCCCCCCCCC(=O)OCC(COCCOCCOCCOCCOCCOCCOCCOCCOCCOCCOCCOCCO)OC(=O)CCCCCCCCCCCCCCCCC. The molecule has 0 aliphatic heterocycles. The molecule has 1 N–H and O–H groups in total. The summed E-state index contributed by atoms with van der Waals surface area (Å²) in [4.78, 5) is 25.5. The van der Waals surface area contributed by atoms with E-state index in [9.17, 15) is 9.59 Å². The van der Waals surface area contributed by atoms with Gasteiger partial charge < -0.3 is 71.4 Å². The molecular formula is C63H124O17. The van der Waals surface area contributed by atoms with Crippen LogP contribution in [0, 0.1) is 0 Å². The number of hydrogen-bond acceptors (Lipinski definition) is 17. The van der Waals surface area contributed by atoms with Crippen LogP contribution >= 0.6 is 0 Å². The van der Waals surface area contributed by atoms with E-state index in [0.717, 1.165) is 38.5 Å². The summed E-state index contributed by atoms with van der Waals surface area (Å²) in [5, 5.41) is 8.63. The molecule has 1 unspecified atom stereocenters. The van der Waals surface area contributed by atoms with Gasteiger partial charge in [0.25, 0.3) is 0 Å². The van der Waals surface area contributed by atoms with Crippen LogP contribution in [-0.2, 0) is 75.9 Å².